The maximum Gasteiger partial charge on any atom is 0.262 e. The molecule has 9 rings (SSSR count). The number of benzene rings is 2. The first-order chi connectivity index (χ1) is 28.3. The Morgan fingerprint density at radius 3 is 2.29 bits per heavy atom. The molecular formula is C42H42Cl2F2N8O5. The fraction of sp³-hybridized carbons (Fsp3) is 0.429. The monoisotopic (exact) mass is 846 g/mol. The molecule has 308 valence electrons. The Morgan fingerprint density at radius 2 is 1.58 bits per heavy atom. The fourth-order valence-corrected chi connectivity index (χ4v) is 10.3. The first-order valence-corrected chi connectivity index (χ1v) is 20.8. The lowest BCUT2D eigenvalue weighted by Crippen LogP contribution is -2.55. The highest BCUT2D eigenvalue weighted by atomic mass is 35.5. The van der Waals surface area contributed by atoms with Gasteiger partial charge in [-0.15, -0.1) is 0 Å². The van der Waals surface area contributed by atoms with E-state index in [9.17, 15) is 23.6 Å². The van der Waals surface area contributed by atoms with Gasteiger partial charge in [0.15, 0.2) is 11.6 Å². The number of hydrogen-bond donors (Lipinski definition) is 2. The van der Waals surface area contributed by atoms with Crippen LogP contribution in [0.4, 0.5) is 20.3 Å². The summed E-state index contributed by atoms with van der Waals surface area (Å²) in [7, 11) is 0. The van der Waals surface area contributed by atoms with Crippen molar-refractivity contribution < 1.29 is 32.7 Å². The highest BCUT2D eigenvalue weighted by molar-refractivity contribution is 6.36. The van der Waals surface area contributed by atoms with E-state index in [0.29, 0.717) is 30.3 Å². The maximum absolute atomic E-state index is 15.7. The van der Waals surface area contributed by atoms with Crippen molar-refractivity contribution >= 4 is 58.3 Å². The van der Waals surface area contributed by atoms with E-state index in [1.54, 1.807) is 25.4 Å². The molecule has 6 heterocycles. The Bertz CT molecular complexity index is 2370. The van der Waals surface area contributed by atoms with Crippen molar-refractivity contribution in [3.05, 3.63) is 87.3 Å². The number of aromatic nitrogens is 3. The summed E-state index contributed by atoms with van der Waals surface area (Å²) in [4.78, 5) is 60.6. The third-order valence-corrected chi connectivity index (χ3v) is 13.5. The van der Waals surface area contributed by atoms with E-state index in [-0.39, 0.29) is 63.6 Å². The summed E-state index contributed by atoms with van der Waals surface area (Å²) < 4.78 is 38.0. The summed E-state index contributed by atoms with van der Waals surface area (Å²) in [5.74, 6) is -2.68. The first-order valence-electron chi connectivity index (χ1n) is 20.0. The van der Waals surface area contributed by atoms with Crippen molar-refractivity contribution in [1.29, 1.82) is 0 Å². The summed E-state index contributed by atoms with van der Waals surface area (Å²) in [6, 6.07) is 6.61. The van der Waals surface area contributed by atoms with Gasteiger partial charge in [-0.2, -0.15) is 5.10 Å². The van der Waals surface area contributed by atoms with Crippen LogP contribution >= 0.6 is 23.2 Å². The van der Waals surface area contributed by atoms with Crippen LogP contribution in [-0.4, -0.2) is 86.0 Å². The van der Waals surface area contributed by atoms with E-state index >= 15 is 4.39 Å². The molecule has 2 aromatic carbocycles. The minimum absolute atomic E-state index is 0.0144. The number of hydrogen-bond acceptors (Lipinski definition) is 10. The van der Waals surface area contributed by atoms with Crippen LogP contribution in [0, 0.1) is 17.6 Å². The summed E-state index contributed by atoms with van der Waals surface area (Å²) in [6.45, 7) is 3.89. The first kappa shape index (κ1) is 39.3. The summed E-state index contributed by atoms with van der Waals surface area (Å²) in [5.41, 5.74) is 8.42. The number of nitrogens with one attached hydrogen (secondary N) is 1. The van der Waals surface area contributed by atoms with Crippen LogP contribution in [0.1, 0.15) is 96.7 Å². The zero-order chi connectivity index (χ0) is 41.3. The molecule has 17 heteroatoms. The van der Waals surface area contributed by atoms with Gasteiger partial charge in [-0.3, -0.25) is 39.0 Å². The smallest absolute Gasteiger partial charge is 0.262 e. The molecule has 4 unspecified atom stereocenters. The average Bonchev–Trinajstić information content (AvgIpc) is 3.85. The van der Waals surface area contributed by atoms with E-state index < -0.39 is 47.4 Å². The number of ether oxygens (including phenoxy) is 1. The van der Waals surface area contributed by atoms with E-state index in [2.05, 4.69) is 15.2 Å². The predicted molar refractivity (Wildman–Crippen MR) is 215 cm³/mol. The number of halogens is 4. The third kappa shape index (κ3) is 7.20. The second-order valence-corrected chi connectivity index (χ2v) is 17.1. The second kappa shape index (κ2) is 15.5. The number of pyridine rings is 1. The molecule has 1 saturated carbocycles. The molecule has 0 spiro atoms. The van der Waals surface area contributed by atoms with Crippen LogP contribution in [0.2, 0.25) is 10.0 Å². The van der Waals surface area contributed by atoms with Crippen LogP contribution in [0.25, 0.3) is 11.1 Å². The number of nitrogens with zero attached hydrogens (tertiary/aromatic N) is 6. The van der Waals surface area contributed by atoms with Crippen molar-refractivity contribution in [2.24, 2.45) is 5.92 Å². The van der Waals surface area contributed by atoms with Gasteiger partial charge in [-0.25, -0.2) is 13.8 Å². The number of piperazine rings is 1. The zero-order valence-electron chi connectivity index (χ0n) is 32.2. The topological polar surface area (TPSA) is 156 Å². The van der Waals surface area contributed by atoms with Gasteiger partial charge in [0.05, 0.1) is 34.1 Å². The Morgan fingerprint density at radius 1 is 0.881 bits per heavy atom. The maximum atomic E-state index is 15.7. The van der Waals surface area contributed by atoms with Gasteiger partial charge in [-0.05, 0) is 88.1 Å². The molecule has 2 aromatic heterocycles. The lowest BCUT2D eigenvalue weighted by Gasteiger charge is -2.44. The fourth-order valence-electron chi connectivity index (χ4n) is 9.66. The van der Waals surface area contributed by atoms with E-state index in [0.717, 1.165) is 67.2 Å². The van der Waals surface area contributed by atoms with Crippen LogP contribution in [0.5, 0.6) is 5.75 Å². The van der Waals surface area contributed by atoms with Gasteiger partial charge in [0.1, 0.15) is 23.8 Å². The molecule has 4 aliphatic heterocycles. The number of fused-ring (bicyclic) bond motifs is 3. The van der Waals surface area contributed by atoms with Gasteiger partial charge in [0, 0.05) is 72.2 Å². The largest absolute Gasteiger partial charge is 0.482 e. The highest BCUT2D eigenvalue weighted by Gasteiger charge is 2.47. The number of nitrogen functional groups attached to an aromatic ring is 1. The summed E-state index contributed by atoms with van der Waals surface area (Å²) in [6.07, 6.45) is 10.9. The van der Waals surface area contributed by atoms with E-state index in [1.165, 1.54) is 18.2 Å². The minimum atomic E-state index is -1.10. The molecule has 13 nitrogen and oxygen atoms in total. The highest BCUT2D eigenvalue weighted by Crippen LogP contribution is 2.41. The quantitative estimate of drug-likeness (QED) is 0.137. The van der Waals surface area contributed by atoms with Gasteiger partial charge >= 0.3 is 0 Å². The minimum Gasteiger partial charge on any atom is -0.482 e. The lowest BCUT2D eigenvalue weighted by molar-refractivity contribution is -0.136. The van der Waals surface area contributed by atoms with Crippen molar-refractivity contribution in [3.8, 4) is 16.9 Å². The number of anilines is 2. The van der Waals surface area contributed by atoms with Crippen LogP contribution in [0.3, 0.4) is 0 Å². The third-order valence-electron chi connectivity index (χ3n) is 12.7. The summed E-state index contributed by atoms with van der Waals surface area (Å²) in [5, 5.41) is 7.08. The number of piperidine rings is 1. The molecule has 3 saturated heterocycles. The molecule has 5 aliphatic rings. The van der Waals surface area contributed by atoms with Gasteiger partial charge < -0.3 is 15.4 Å². The van der Waals surface area contributed by atoms with Crippen LogP contribution < -0.4 is 20.7 Å². The van der Waals surface area contributed by atoms with Crippen molar-refractivity contribution in [2.45, 2.75) is 88.6 Å². The Hall–Kier alpha value is -5.12. The normalized spacial score (nSPS) is 25.1. The van der Waals surface area contributed by atoms with Gasteiger partial charge in [-0.1, -0.05) is 23.2 Å². The molecule has 0 radical (unpaired) electrons. The van der Waals surface area contributed by atoms with Gasteiger partial charge in [0.25, 0.3) is 11.8 Å². The molecule has 4 amide bonds. The zero-order valence-corrected chi connectivity index (χ0v) is 33.7. The second-order valence-electron chi connectivity index (χ2n) is 16.3. The Labute approximate surface area is 348 Å². The number of nitrogens with two attached hydrogens (primary N) is 1. The Kier molecular flexibility index (Phi) is 10.3. The molecule has 1 aliphatic carbocycles. The van der Waals surface area contributed by atoms with Crippen molar-refractivity contribution in [2.75, 3.05) is 30.3 Å². The number of amides is 4. The van der Waals surface area contributed by atoms with E-state index in [4.69, 9.17) is 38.8 Å². The average molecular weight is 848 g/mol. The number of rotatable bonds is 9. The molecule has 4 aromatic rings. The van der Waals surface area contributed by atoms with Crippen LogP contribution in [-0.2, 0) is 9.59 Å². The van der Waals surface area contributed by atoms with Gasteiger partial charge in [0.2, 0.25) is 11.8 Å². The predicted octanol–water partition coefficient (Wildman–Crippen LogP) is 6.74. The summed E-state index contributed by atoms with van der Waals surface area (Å²) >= 11 is 12.5. The van der Waals surface area contributed by atoms with E-state index in [1.807, 2.05) is 15.8 Å². The molecule has 4 atom stereocenters. The lowest BCUT2D eigenvalue weighted by atomic mass is 9.85. The number of carbonyl (C=O) groups excluding carboxylic acids is 4. The molecule has 2 bridgehead atoms. The van der Waals surface area contributed by atoms with Crippen LogP contribution in [0.15, 0.2) is 48.9 Å². The van der Waals surface area contributed by atoms with Crippen molar-refractivity contribution in [3.63, 3.8) is 0 Å². The molecule has 3 N–H and O–H groups in total. The molecule has 4 fully saturated rings. The number of imide groups is 2. The van der Waals surface area contributed by atoms with Crippen molar-refractivity contribution in [1.82, 2.24) is 29.9 Å². The number of carbonyl (C=O) groups is 4. The standard InChI is InChI=1S/C42H42Cl2F2N8O5/c1-21(37-30(43)8-9-31(45)38(37)44)59-35-12-23(15-48-39(35)47)24-16-49-53(18-24)25-4-2-22(3-5-25)17-52-26-6-7-27(52)20-51(19-26)34-14-29-28(13-32(34)46)41(57)54(42(29)58)33-10-11-36(55)50-40(33)56/h8-9,12-16,18,21-22,25-27,33H,2-7,10-11,17,19-20H2,1H3,(H2,47,48)(H,50,55,56). The molecular weight excluding hydrogens is 805 g/mol. The molecule has 59 heavy (non-hydrogen) atoms. The SMILES string of the molecule is CC(Oc1cc(-c2cnn(C3CCC(CN4C5CCC4CN(c4cc6c(cc4F)C(=O)N(C4CCC(=O)NC4=O)C6=O)C5)CC3)c2)cnc1N)c1c(Cl)ccc(F)c1Cl. The Balaban J connectivity index is 0.808.